The average Bonchev–Trinajstić information content (AvgIpc) is 2.72. The van der Waals surface area contributed by atoms with Crippen LogP contribution in [-0.2, 0) is 6.54 Å². The quantitative estimate of drug-likeness (QED) is 0.764. The van der Waals surface area contributed by atoms with Crippen LogP contribution in [0.15, 0.2) is 0 Å². The second-order valence-corrected chi connectivity index (χ2v) is 4.23. The fourth-order valence-electron chi connectivity index (χ4n) is 1.71. The fourth-order valence-corrected chi connectivity index (χ4v) is 2.15. The third-order valence-corrected chi connectivity index (χ3v) is 3.09. The number of nitrogens with zero attached hydrogens (tertiary/aromatic N) is 2. The molecule has 0 radical (unpaired) electrons. The van der Waals surface area contributed by atoms with Crippen LogP contribution >= 0.6 is 11.5 Å². The number of hydrogen-bond acceptors (Lipinski definition) is 5. The van der Waals surface area contributed by atoms with Gasteiger partial charge in [0.15, 0.2) is 0 Å². The van der Waals surface area contributed by atoms with Gasteiger partial charge in [0.2, 0.25) is 0 Å². The lowest BCUT2D eigenvalue weighted by molar-refractivity contribution is 0.519. The minimum Gasteiger partial charge on any atom is -0.388 e. The second kappa shape index (κ2) is 4.02. The summed E-state index contributed by atoms with van der Waals surface area (Å²) in [6.45, 7) is 0.771. The van der Waals surface area contributed by atoms with E-state index in [2.05, 4.69) is 14.9 Å². The minimum atomic E-state index is 0.668. The van der Waals surface area contributed by atoms with Gasteiger partial charge in [-0.25, -0.2) is 0 Å². The van der Waals surface area contributed by atoms with Gasteiger partial charge in [0.1, 0.15) is 10.7 Å². The van der Waals surface area contributed by atoms with Gasteiger partial charge >= 0.3 is 0 Å². The van der Waals surface area contributed by atoms with E-state index in [9.17, 15) is 0 Å². The Morgan fingerprint density at radius 1 is 1.46 bits per heavy atom. The highest BCUT2D eigenvalue weighted by atomic mass is 32.1. The van der Waals surface area contributed by atoms with E-state index in [1.807, 2.05) is 0 Å². The van der Waals surface area contributed by atoms with E-state index in [0.717, 1.165) is 17.2 Å². The monoisotopic (exact) mass is 198 g/mol. The Balaban J connectivity index is 1.82. The molecule has 1 saturated carbocycles. The van der Waals surface area contributed by atoms with Gasteiger partial charge in [0.25, 0.3) is 0 Å². The van der Waals surface area contributed by atoms with Crippen molar-refractivity contribution in [2.24, 2.45) is 0 Å². The average molecular weight is 198 g/mol. The van der Waals surface area contributed by atoms with E-state index in [1.54, 1.807) is 0 Å². The van der Waals surface area contributed by atoms with E-state index < -0.39 is 0 Å². The van der Waals surface area contributed by atoms with Crippen molar-refractivity contribution in [1.29, 1.82) is 0 Å². The molecule has 1 aliphatic carbocycles. The van der Waals surface area contributed by atoms with Crippen molar-refractivity contribution in [3.8, 4) is 0 Å². The molecule has 0 unspecified atom stereocenters. The lowest BCUT2D eigenvalue weighted by atomic mass is 10.2. The van der Waals surface area contributed by atoms with E-state index in [4.69, 9.17) is 5.73 Å². The highest BCUT2D eigenvalue weighted by Crippen LogP contribution is 2.19. The summed E-state index contributed by atoms with van der Waals surface area (Å²) < 4.78 is 3.79. The molecule has 1 aromatic heterocycles. The SMILES string of the molecule is Nc1snnc1CNC1CCCC1. The Morgan fingerprint density at radius 2 is 2.23 bits per heavy atom. The number of nitrogens with one attached hydrogen (secondary N) is 1. The molecule has 1 aromatic rings. The molecule has 0 spiro atoms. The van der Waals surface area contributed by atoms with Crippen LogP contribution in [0.1, 0.15) is 31.4 Å². The van der Waals surface area contributed by atoms with E-state index in [1.165, 1.54) is 37.2 Å². The van der Waals surface area contributed by atoms with Crippen molar-refractivity contribution in [1.82, 2.24) is 14.9 Å². The lowest BCUT2D eigenvalue weighted by Gasteiger charge is -2.09. The van der Waals surface area contributed by atoms with Gasteiger partial charge in [0, 0.05) is 24.1 Å². The number of anilines is 1. The lowest BCUT2D eigenvalue weighted by Crippen LogP contribution is -2.25. The Kier molecular flexibility index (Phi) is 2.75. The molecule has 0 saturated heterocycles. The van der Waals surface area contributed by atoms with Crippen molar-refractivity contribution in [3.05, 3.63) is 5.69 Å². The van der Waals surface area contributed by atoms with Crippen molar-refractivity contribution in [2.45, 2.75) is 38.3 Å². The zero-order valence-corrected chi connectivity index (χ0v) is 8.31. The maximum Gasteiger partial charge on any atom is 0.132 e. The third kappa shape index (κ3) is 2.16. The normalized spacial score (nSPS) is 18.2. The van der Waals surface area contributed by atoms with Crippen molar-refractivity contribution in [2.75, 3.05) is 5.73 Å². The first-order valence-electron chi connectivity index (χ1n) is 4.66. The number of hydrogen-bond donors (Lipinski definition) is 2. The maximum atomic E-state index is 5.68. The molecule has 13 heavy (non-hydrogen) atoms. The van der Waals surface area contributed by atoms with Gasteiger partial charge < -0.3 is 11.1 Å². The molecule has 0 aromatic carbocycles. The maximum absolute atomic E-state index is 5.68. The summed E-state index contributed by atoms with van der Waals surface area (Å²) >= 11 is 1.26. The first-order chi connectivity index (χ1) is 6.36. The summed E-state index contributed by atoms with van der Waals surface area (Å²) in [5.74, 6) is 0. The molecule has 5 heteroatoms. The molecule has 1 aliphatic rings. The first-order valence-corrected chi connectivity index (χ1v) is 5.43. The van der Waals surface area contributed by atoms with Crippen LogP contribution in [0, 0.1) is 0 Å². The van der Waals surface area contributed by atoms with Crippen LogP contribution in [0.4, 0.5) is 5.00 Å². The molecule has 2 rings (SSSR count). The Bertz CT molecular complexity index is 267. The number of rotatable bonds is 3. The molecule has 0 aliphatic heterocycles. The van der Waals surface area contributed by atoms with Crippen molar-refractivity contribution >= 4 is 16.5 Å². The number of aromatic nitrogens is 2. The minimum absolute atomic E-state index is 0.668. The summed E-state index contributed by atoms with van der Waals surface area (Å²) in [6.07, 6.45) is 5.28. The second-order valence-electron chi connectivity index (χ2n) is 3.45. The van der Waals surface area contributed by atoms with E-state index in [0.29, 0.717) is 6.04 Å². The third-order valence-electron chi connectivity index (χ3n) is 2.50. The number of nitrogen functional groups attached to an aromatic ring is 1. The predicted octanol–water partition coefficient (Wildman–Crippen LogP) is 1.15. The van der Waals surface area contributed by atoms with Crippen LogP contribution < -0.4 is 11.1 Å². The predicted molar refractivity (Wildman–Crippen MR) is 53.4 cm³/mol. The summed E-state index contributed by atoms with van der Waals surface area (Å²) in [4.78, 5) is 0. The van der Waals surface area contributed by atoms with Crippen LogP contribution in [-0.4, -0.2) is 15.6 Å². The Morgan fingerprint density at radius 3 is 2.85 bits per heavy atom. The largest absolute Gasteiger partial charge is 0.388 e. The molecule has 4 nitrogen and oxygen atoms in total. The van der Waals surface area contributed by atoms with Crippen LogP contribution in [0.3, 0.4) is 0 Å². The van der Waals surface area contributed by atoms with Gasteiger partial charge in [-0.3, -0.25) is 0 Å². The fraction of sp³-hybridized carbons (Fsp3) is 0.750. The smallest absolute Gasteiger partial charge is 0.132 e. The summed E-state index contributed by atoms with van der Waals surface area (Å²) in [5, 5.41) is 8.15. The van der Waals surface area contributed by atoms with Crippen molar-refractivity contribution in [3.63, 3.8) is 0 Å². The van der Waals surface area contributed by atoms with Gasteiger partial charge in [-0.1, -0.05) is 17.3 Å². The Hall–Kier alpha value is -0.680. The highest BCUT2D eigenvalue weighted by molar-refractivity contribution is 7.09. The zero-order valence-electron chi connectivity index (χ0n) is 7.49. The summed E-state index contributed by atoms with van der Waals surface area (Å²) in [6, 6.07) is 0.668. The molecule has 0 atom stereocenters. The van der Waals surface area contributed by atoms with Crippen molar-refractivity contribution < 1.29 is 0 Å². The standard InChI is InChI=1S/C8H14N4S/c9-8-7(11-12-13-8)5-10-6-3-1-2-4-6/h6,10H,1-5,9H2. The van der Waals surface area contributed by atoms with Gasteiger partial charge in [-0.05, 0) is 12.8 Å². The molecule has 1 heterocycles. The molecular weight excluding hydrogens is 184 g/mol. The van der Waals surface area contributed by atoms with Gasteiger partial charge in [-0.2, -0.15) is 0 Å². The molecular formula is C8H14N4S. The zero-order chi connectivity index (χ0) is 9.10. The van der Waals surface area contributed by atoms with E-state index in [-0.39, 0.29) is 0 Å². The molecule has 1 fully saturated rings. The van der Waals surface area contributed by atoms with Crippen LogP contribution in [0.25, 0.3) is 0 Å². The van der Waals surface area contributed by atoms with Crippen LogP contribution in [0.2, 0.25) is 0 Å². The summed E-state index contributed by atoms with van der Waals surface area (Å²) in [7, 11) is 0. The summed E-state index contributed by atoms with van der Waals surface area (Å²) in [5.41, 5.74) is 6.58. The molecule has 0 amide bonds. The number of nitrogens with two attached hydrogens (primary N) is 1. The molecule has 0 bridgehead atoms. The van der Waals surface area contributed by atoms with Crippen LogP contribution in [0.5, 0.6) is 0 Å². The molecule has 3 N–H and O–H groups in total. The first kappa shape index (κ1) is 8.90. The topological polar surface area (TPSA) is 63.8 Å². The van der Waals surface area contributed by atoms with E-state index >= 15 is 0 Å². The van der Waals surface area contributed by atoms with Gasteiger partial charge in [0.05, 0.1) is 0 Å². The van der Waals surface area contributed by atoms with Gasteiger partial charge in [-0.15, -0.1) is 5.10 Å². The Labute approximate surface area is 81.7 Å². The molecule has 72 valence electrons. The highest BCUT2D eigenvalue weighted by Gasteiger charge is 2.15.